The van der Waals surface area contributed by atoms with Crippen LogP contribution in [-0.2, 0) is 4.79 Å². The summed E-state index contributed by atoms with van der Waals surface area (Å²) in [5.74, 6) is 0.753. The number of benzene rings is 1. The first-order valence-corrected chi connectivity index (χ1v) is 8.13. The van der Waals surface area contributed by atoms with E-state index in [-0.39, 0.29) is 12.5 Å². The van der Waals surface area contributed by atoms with Crippen LogP contribution in [0.2, 0.25) is 0 Å². The molecule has 1 aliphatic rings. The van der Waals surface area contributed by atoms with Gasteiger partial charge < -0.3 is 10.1 Å². The second-order valence-electron chi connectivity index (χ2n) is 5.45. The van der Waals surface area contributed by atoms with Crippen LogP contribution in [0.5, 0.6) is 5.75 Å². The van der Waals surface area contributed by atoms with E-state index in [4.69, 9.17) is 4.74 Å². The number of nitrogens with one attached hydrogen (secondary N) is 1. The second kappa shape index (κ2) is 7.67. The van der Waals surface area contributed by atoms with Crippen molar-refractivity contribution >= 4 is 21.8 Å². The van der Waals surface area contributed by atoms with Gasteiger partial charge in [0, 0.05) is 10.5 Å². The van der Waals surface area contributed by atoms with E-state index in [1.807, 2.05) is 25.1 Å². The number of hydrogen-bond donors (Lipinski definition) is 1. The summed E-state index contributed by atoms with van der Waals surface area (Å²) in [5.41, 5.74) is 1.03. The van der Waals surface area contributed by atoms with E-state index >= 15 is 0 Å². The van der Waals surface area contributed by atoms with Crippen LogP contribution in [0.3, 0.4) is 0 Å². The highest BCUT2D eigenvalue weighted by atomic mass is 79.9. The molecule has 3 nitrogen and oxygen atoms in total. The molecule has 2 rings (SSSR count). The van der Waals surface area contributed by atoms with E-state index in [9.17, 15) is 4.79 Å². The topological polar surface area (TPSA) is 38.3 Å². The van der Waals surface area contributed by atoms with Gasteiger partial charge in [-0.05, 0) is 43.5 Å². The van der Waals surface area contributed by atoms with Crippen molar-refractivity contribution in [2.45, 2.75) is 51.5 Å². The molecule has 0 spiro atoms. The van der Waals surface area contributed by atoms with Gasteiger partial charge in [0.15, 0.2) is 6.61 Å². The molecule has 1 saturated carbocycles. The molecule has 0 radical (unpaired) electrons. The minimum absolute atomic E-state index is 0.0146. The molecule has 0 saturated heterocycles. The Kier molecular flexibility index (Phi) is 5.89. The Morgan fingerprint density at radius 3 is 2.65 bits per heavy atom. The van der Waals surface area contributed by atoms with Gasteiger partial charge >= 0.3 is 0 Å². The van der Waals surface area contributed by atoms with Crippen molar-refractivity contribution in [3.8, 4) is 5.75 Å². The standard InChI is InChI=1S/C16H22BrNO2/c1-12-10-13(17)8-9-15(12)20-11-16(19)18-14-6-4-2-3-5-7-14/h8-10,14H,2-7,11H2,1H3,(H,18,19). The van der Waals surface area contributed by atoms with Gasteiger partial charge in [-0.1, -0.05) is 41.6 Å². The van der Waals surface area contributed by atoms with Crippen molar-refractivity contribution in [2.75, 3.05) is 6.61 Å². The molecule has 0 bridgehead atoms. The van der Waals surface area contributed by atoms with Crippen LogP contribution >= 0.6 is 15.9 Å². The summed E-state index contributed by atoms with van der Waals surface area (Å²) >= 11 is 3.41. The maximum atomic E-state index is 11.9. The van der Waals surface area contributed by atoms with Crippen LogP contribution < -0.4 is 10.1 Å². The summed E-state index contributed by atoms with van der Waals surface area (Å²) in [7, 11) is 0. The number of carbonyl (C=O) groups excluding carboxylic acids is 1. The summed E-state index contributed by atoms with van der Waals surface area (Å²) in [6, 6.07) is 6.13. The van der Waals surface area contributed by atoms with Crippen molar-refractivity contribution in [2.24, 2.45) is 0 Å². The molecule has 1 aromatic rings. The molecular formula is C16H22BrNO2. The van der Waals surface area contributed by atoms with Gasteiger partial charge in [0.1, 0.15) is 5.75 Å². The van der Waals surface area contributed by atoms with Gasteiger partial charge in [-0.15, -0.1) is 0 Å². The number of hydrogen-bond acceptors (Lipinski definition) is 2. The van der Waals surface area contributed by atoms with Gasteiger partial charge in [0.2, 0.25) is 0 Å². The molecule has 1 aliphatic carbocycles. The van der Waals surface area contributed by atoms with Crippen molar-refractivity contribution < 1.29 is 9.53 Å². The Balaban J connectivity index is 1.79. The Bertz CT molecular complexity index is 454. The summed E-state index contributed by atoms with van der Waals surface area (Å²) in [6.07, 6.45) is 7.23. The third-order valence-corrected chi connectivity index (χ3v) is 4.21. The van der Waals surface area contributed by atoms with Crippen molar-refractivity contribution in [3.63, 3.8) is 0 Å². The van der Waals surface area contributed by atoms with Crippen molar-refractivity contribution in [3.05, 3.63) is 28.2 Å². The van der Waals surface area contributed by atoms with Crippen LogP contribution in [0.15, 0.2) is 22.7 Å². The molecule has 20 heavy (non-hydrogen) atoms. The lowest BCUT2D eigenvalue weighted by atomic mass is 10.1. The monoisotopic (exact) mass is 339 g/mol. The first kappa shape index (κ1) is 15.4. The molecule has 0 aliphatic heterocycles. The molecule has 0 unspecified atom stereocenters. The van der Waals surface area contributed by atoms with Crippen molar-refractivity contribution in [1.29, 1.82) is 0 Å². The number of aryl methyl sites for hydroxylation is 1. The quantitative estimate of drug-likeness (QED) is 0.842. The fraction of sp³-hybridized carbons (Fsp3) is 0.562. The number of halogens is 1. The van der Waals surface area contributed by atoms with Gasteiger partial charge in [0.05, 0.1) is 0 Å². The molecule has 4 heteroatoms. The number of ether oxygens (including phenoxy) is 1. The van der Waals surface area contributed by atoms with E-state index in [1.54, 1.807) is 0 Å². The molecule has 0 heterocycles. The summed E-state index contributed by atoms with van der Waals surface area (Å²) in [6.45, 7) is 2.07. The molecular weight excluding hydrogens is 318 g/mol. The highest BCUT2D eigenvalue weighted by Gasteiger charge is 2.15. The van der Waals surface area contributed by atoms with E-state index in [0.717, 1.165) is 28.6 Å². The molecule has 110 valence electrons. The molecule has 1 amide bonds. The van der Waals surface area contributed by atoms with Crippen LogP contribution in [0, 0.1) is 6.92 Å². The molecule has 0 aromatic heterocycles. The summed E-state index contributed by atoms with van der Waals surface area (Å²) < 4.78 is 6.61. The summed E-state index contributed by atoms with van der Waals surface area (Å²) in [5, 5.41) is 3.09. The van der Waals surface area contributed by atoms with Crippen molar-refractivity contribution in [1.82, 2.24) is 5.32 Å². The fourth-order valence-corrected chi connectivity index (χ4v) is 3.09. The van der Waals surface area contributed by atoms with Crippen LogP contribution in [0.1, 0.15) is 44.1 Å². The lowest BCUT2D eigenvalue weighted by molar-refractivity contribution is -0.123. The first-order chi connectivity index (χ1) is 9.65. The van der Waals surface area contributed by atoms with Gasteiger partial charge in [-0.2, -0.15) is 0 Å². The molecule has 1 aromatic carbocycles. The number of carbonyl (C=O) groups is 1. The third kappa shape index (κ3) is 4.82. The first-order valence-electron chi connectivity index (χ1n) is 7.33. The second-order valence-corrected chi connectivity index (χ2v) is 6.37. The Hall–Kier alpha value is -1.03. The van der Waals surface area contributed by atoms with Crippen LogP contribution in [0.25, 0.3) is 0 Å². The van der Waals surface area contributed by atoms with E-state index in [0.29, 0.717) is 6.04 Å². The predicted octanol–water partition coefficient (Wildman–Crippen LogP) is 3.98. The van der Waals surface area contributed by atoms with Gasteiger partial charge in [-0.25, -0.2) is 0 Å². The van der Waals surface area contributed by atoms with E-state index < -0.39 is 0 Å². The Morgan fingerprint density at radius 1 is 1.30 bits per heavy atom. The smallest absolute Gasteiger partial charge is 0.258 e. The minimum Gasteiger partial charge on any atom is -0.484 e. The highest BCUT2D eigenvalue weighted by Crippen LogP contribution is 2.22. The zero-order chi connectivity index (χ0) is 14.4. The predicted molar refractivity (Wildman–Crippen MR) is 84.0 cm³/mol. The zero-order valence-corrected chi connectivity index (χ0v) is 13.5. The van der Waals surface area contributed by atoms with E-state index in [2.05, 4.69) is 21.2 Å². The Labute approximate surface area is 129 Å². The number of rotatable bonds is 4. The highest BCUT2D eigenvalue weighted by molar-refractivity contribution is 9.10. The minimum atomic E-state index is -0.0146. The maximum Gasteiger partial charge on any atom is 0.258 e. The maximum absolute atomic E-state index is 11.9. The third-order valence-electron chi connectivity index (χ3n) is 3.72. The average Bonchev–Trinajstić information content (AvgIpc) is 2.66. The summed E-state index contributed by atoms with van der Waals surface area (Å²) in [4.78, 5) is 11.9. The van der Waals surface area contributed by atoms with Crippen LogP contribution in [0.4, 0.5) is 0 Å². The van der Waals surface area contributed by atoms with Gasteiger partial charge in [-0.3, -0.25) is 4.79 Å². The lowest BCUT2D eigenvalue weighted by Gasteiger charge is -2.16. The molecule has 0 atom stereocenters. The fourth-order valence-electron chi connectivity index (χ4n) is 2.61. The van der Waals surface area contributed by atoms with E-state index in [1.165, 1.54) is 25.7 Å². The zero-order valence-electron chi connectivity index (χ0n) is 12.0. The lowest BCUT2D eigenvalue weighted by Crippen LogP contribution is -2.37. The molecule has 1 fully saturated rings. The van der Waals surface area contributed by atoms with Crippen LogP contribution in [-0.4, -0.2) is 18.6 Å². The SMILES string of the molecule is Cc1cc(Br)ccc1OCC(=O)NC1CCCCCC1. The Morgan fingerprint density at radius 2 is 2.00 bits per heavy atom. The van der Waals surface area contributed by atoms with Gasteiger partial charge in [0.25, 0.3) is 5.91 Å². The largest absolute Gasteiger partial charge is 0.484 e. The molecule has 1 N–H and O–H groups in total. The average molecular weight is 340 g/mol. The number of amides is 1. The normalized spacial score (nSPS) is 16.5.